The molecule has 0 spiro atoms. The van der Waals surface area contributed by atoms with Crippen molar-refractivity contribution in [2.45, 2.75) is 130 Å². The summed E-state index contributed by atoms with van der Waals surface area (Å²) in [6, 6.07) is 0. The van der Waals surface area contributed by atoms with Crippen LogP contribution in [0.4, 0.5) is 0 Å². The first-order chi connectivity index (χ1) is 25.5. The molecule has 14 nitrogen and oxygen atoms in total. The molecule has 0 radical (unpaired) electrons. The summed E-state index contributed by atoms with van der Waals surface area (Å²) in [5, 5.41) is 8.49. The van der Waals surface area contributed by atoms with Gasteiger partial charge in [-0.15, -0.1) is 0 Å². The van der Waals surface area contributed by atoms with E-state index in [1.807, 2.05) is 11.8 Å². The number of ether oxygens (including phenoxy) is 2. The fourth-order valence-corrected chi connectivity index (χ4v) is 5.79. The van der Waals surface area contributed by atoms with E-state index in [0.717, 1.165) is 64.2 Å². The van der Waals surface area contributed by atoms with Crippen LogP contribution in [-0.4, -0.2) is 106 Å². The monoisotopic (exact) mass is 755 g/mol. The fourth-order valence-electron chi connectivity index (χ4n) is 5.79. The Kier molecular flexibility index (Phi) is 31.5. The SMILES string of the molecule is CCCCCCOC(=O)CC(CCN)CCNC(=O)C(C)CC(=O)CC(CC(=O)NCCN(CCN)CC(=O)OCCCCCC)C(=O)NCCCC. The van der Waals surface area contributed by atoms with Crippen molar-refractivity contribution in [2.24, 2.45) is 29.2 Å². The molecule has 0 fully saturated rings. The molecule has 0 bridgehead atoms. The molecule has 0 aliphatic rings. The van der Waals surface area contributed by atoms with E-state index in [-0.39, 0.29) is 74.2 Å². The van der Waals surface area contributed by atoms with Crippen LogP contribution in [0.15, 0.2) is 0 Å². The number of hydrogen-bond acceptors (Lipinski definition) is 11. The largest absolute Gasteiger partial charge is 0.466 e. The van der Waals surface area contributed by atoms with Gasteiger partial charge in [0.1, 0.15) is 5.78 Å². The average molecular weight is 755 g/mol. The normalized spacial score (nSPS) is 12.8. The van der Waals surface area contributed by atoms with Gasteiger partial charge >= 0.3 is 11.9 Å². The summed E-state index contributed by atoms with van der Waals surface area (Å²) in [5.74, 6) is -3.51. The summed E-state index contributed by atoms with van der Waals surface area (Å²) in [4.78, 5) is 78.3. The lowest BCUT2D eigenvalue weighted by molar-refractivity contribution is -0.146. The maximum absolute atomic E-state index is 13.1. The molecular formula is C39H74N6O8. The Hall–Kier alpha value is -3.10. The van der Waals surface area contributed by atoms with Gasteiger partial charge in [0.25, 0.3) is 0 Å². The highest BCUT2D eigenvalue weighted by Crippen LogP contribution is 2.16. The van der Waals surface area contributed by atoms with Gasteiger partial charge in [0.05, 0.1) is 25.7 Å². The third kappa shape index (κ3) is 28.1. The number of Topliss-reactive ketones (excluding diaryl/α,β-unsaturated/α-hetero) is 1. The highest BCUT2D eigenvalue weighted by atomic mass is 16.5. The third-order valence-electron chi connectivity index (χ3n) is 9.04. The van der Waals surface area contributed by atoms with Crippen LogP contribution < -0.4 is 27.4 Å². The third-order valence-corrected chi connectivity index (χ3v) is 9.04. The lowest BCUT2D eigenvalue weighted by Crippen LogP contribution is -2.42. The predicted molar refractivity (Wildman–Crippen MR) is 208 cm³/mol. The molecule has 0 aromatic heterocycles. The van der Waals surface area contributed by atoms with E-state index in [0.29, 0.717) is 65.3 Å². The first-order valence-electron chi connectivity index (χ1n) is 20.3. The second kappa shape index (κ2) is 33.5. The second-order valence-corrected chi connectivity index (χ2v) is 14.1. The van der Waals surface area contributed by atoms with Gasteiger partial charge in [-0.05, 0) is 44.6 Å². The van der Waals surface area contributed by atoms with Crippen molar-refractivity contribution >= 4 is 35.4 Å². The quantitative estimate of drug-likeness (QED) is 0.0468. The minimum absolute atomic E-state index is 0.0242. The smallest absolute Gasteiger partial charge is 0.320 e. The van der Waals surface area contributed by atoms with Gasteiger partial charge in [-0.25, -0.2) is 0 Å². The van der Waals surface area contributed by atoms with E-state index in [1.165, 1.54) is 0 Å². The summed E-state index contributed by atoms with van der Waals surface area (Å²) in [6.45, 7) is 11.3. The van der Waals surface area contributed by atoms with Gasteiger partial charge in [-0.1, -0.05) is 72.6 Å². The molecule has 0 aliphatic heterocycles. The zero-order chi connectivity index (χ0) is 39.7. The van der Waals surface area contributed by atoms with Crippen LogP contribution in [0.1, 0.15) is 130 Å². The molecule has 0 rings (SSSR count). The highest BCUT2D eigenvalue weighted by Gasteiger charge is 2.27. The number of carbonyl (C=O) groups excluding carboxylic acids is 6. The van der Waals surface area contributed by atoms with Crippen LogP contribution in [0.25, 0.3) is 0 Å². The van der Waals surface area contributed by atoms with Crippen LogP contribution in [-0.2, 0) is 38.2 Å². The zero-order valence-corrected chi connectivity index (χ0v) is 33.5. The Labute approximate surface area is 319 Å². The van der Waals surface area contributed by atoms with Gasteiger partial charge in [0.15, 0.2) is 0 Å². The Bertz CT molecular complexity index is 1030. The molecule has 3 atom stereocenters. The van der Waals surface area contributed by atoms with Gasteiger partial charge in [0, 0.05) is 70.9 Å². The molecule has 308 valence electrons. The maximum atomic E-state index is 13.1. The van der Waals surface area contributed by atoms with Gasteiger partial charge in [-0.2, -0.15) is 0 Å². The van der Waals surface area contributed by atoms with E-state index in [2.05, 4.69) is 29.8 Å². The Balaban J connectivity index is 4.95. The molecule has 0 aliphatic carbocycles. The first kappa shape index (κ1) is 49.9. The lowest BCUT2D eigenvalue weighted by Gasteiger charge is -2.21. The van der Waals surface area contributed by atoms with Crippen LogP contribution in [0.3, 0.4) is 0 Å². The molecule has 53 heavy (non-hydrogen) atoms. The number of rotatable bonds is 35. The molecule has 14 heteroatoms. The molecular weight excluding hydrogens is 680 g/mol. The molecule has 3 amide bonds. The van der Waals surface area contributed by atoms with Crippen molar-refractivity contribution in [3.05, 3.63) is 0 Å². The van der Waals surface area contributed by atoms with Crippen molar-refractivity contribution in [2.75, 3.05) is 65.6 Å². The van der Waals surface area contributed by atoms with Gasteiger partial charge in [-0.3, -0.25) is 33.7 Å². The van der Waals surface area contributed by atoms with E-state index < -0.39 is 17.7 Å². The number of nitrogens with zero attached hydrogens (tertiary/aromatic N) is 1. The number of esters is 2. The molecule has 7 N–H and O–H groups in total. The highest BCUT2D eigenvalue weighted by molar-refractivity contribution is 5.92. The van der Waals surface area contributed by atoms with E-state index in [1.54, 1.807) is 6.92 Å². The zero-order valence-electron chi connectivity index (χ0n) is 33.5. The molecule has 0 aromatic rings. The van der Waals surface area contributed by atoms with E-state index >= 15 is 0 Å². The maximum Gasteiger partial charge on any atom is 0.320 e. The predicted octanol–water partition coefficient (Wildman–Crippen LogP) is 3.38. The van der Waals surface area contributed by atoms with Gasteiger partial charge in [0.2, 0.25) is 17.7 Å². The standard InChI is InChI=1S/C39H74N6O8/c1-5-8-11-13-24-52-36(48)27-32(15-17-40)16-20-44-38(50)31(4)26-34(46)28-33(39(51)43-19-10-7-3)29-35(47)42-21-23-45(22-18-41)30-37(49)53-25-14-12-9-6-2/h31-33H,5-30,40-41H2,1-4H3,(H,42,47)(H,43,51)(H,44,50). The lowest BCUT2D eigenvalue weighted by atomic mass is 9.92. The second-order valence-electron chi connectivity index (χ2n) is 14.1. The first-order valence-corrected chi connectivity index (χ1v) is 20.3. The molecule has 0 aromatic carbocycles. The molecule has 0 saturated carbocycles. The van der Waals surface area contributed by atoms with Crippen LogP contribution in [0.5, 0.6) is 0 Å². The number of carbonyl (C=O) groups is 6. The number of ketones is 1. The topological polar surface area (TPSA) is 212 Å². The van der Waals surface area contributed by atoms with Crippen LogP contribution in [0.2, 0.25) is 0 Å². The minimum atomic E-state index is -0.888. The number of unbranched alkanes of at least 4 members (excludes halogenated alkanes) is 7. The van der Waals surface area contributed by atoms with Crippen molar-refractivity contribution in [1.29, 1.82) is 0 Å². The average Bonchev–Trinajstić information content (AvgIpc) is 3.11. The molecule has 0 saturated heterocycles. The Morgan fingerprint density at radius 3 is 1.83 bits per heavy atom. The number of amides is 3. The van der Waals surface area contributed by atoms with E-state index in [9.17, 15) is 28.8 Å². The summed E-state index contributed by atoms with van der Waals surface area (Å²) in [5.41, 5.74) is 11.5. The summed E-state index contributed by atoms with van der Waals surface area (Å²) in [7, 11) is 0. The number of nitrogens with one attached hydrogen (secondary N) is 3. The summed E-state index contributed by atoms with van der Waals surface area (Å²) >= 11 is 0. The van der Waals surface area contributed by atoms with E-state index in [4.69, 9.17) is 20.9 Å². The summed E-state index contributed by atoms with van der Waals surface area (Å²) in [6.07, 6.45) is 10.7. The molecule has 0 heterocycles. The molecule has 3 unspecified atom stereocenters. The van der Waals surface area contributed by atoms with Crippen LogP contribution in [0, 0.1) is 17.8 Å². The summed E-state index contributed by atoms with van der Waals surface area (Å²) < 4.78 is 10.7. The minimum Gasteiger partial charge on any atom is -0.466 e. The van der Waals surface area contributed by atoms with Crippen molar-refractivity contribution < 1.29 is 38.2 Å². The van der Waals surface area contributed by atoms with Crippen molar-refractivity contribution in [3.8, 4) is 0 Å². The van der Waals surface area contributed by atoms with Crippen molar-refractivity contribution in [3.63, 3.8) is 0 Å². The number of nitrogens with two attached hydrogens (primary N) is 2. The number of hydrogen-bond donors (Lipinski definition) is 5. The van der Waals surface area contributed by atoms with Crippen LogP contribution >= 0.6 is 0 Å². The Morgan fingerprint density at radius 2 is 1.23 bits per heavy atom. The fraction of sp³-hybridized carbons (Fsp3) is 0.846. The van der Waals surface area contributed by atoms with Gasteiger partial charge < -0.3 is 36.9 Å². The Morgan fingerprint density at radius 1 is 0.604 bits per heavy atom. The van der Waals surface area contributed by atoms with Crippen molar-refractivity contribution in [1.82, 2.24) is 20.9 Å².